The summed E-state index contributed by atoms with van der Waals surface area (Å²) in [5.41, 5.74) is 0. The molecule has 0 aromatic heterocycles. The van der Waals surface area contributed by atoms with Crippen molar-refractivity contribution in [3.63, 3.8) is 0 Å². The largest absolute Gasteiger partial charge is 0.332 e. The molecule has 0 N–H and O–H groups in total. The van der Waals surface area contributed by atoms with Gasteiger partial charge in [0.05, 0.1) is 19.8 Å². The van der Waals surface area contributed by atoms with Crippen molar-refractivity contribution in [1.29, 1.82) is 0 Å². The van der Waals surface area contributed by atoms with E-state index in [9.17, 15) is 0 Å². The Balaban J connectivity index is 0. The Kier molecular flexibility index (Phi) is 20.4. The molecule has 5 heteroatoms. The van der Waals surface area contributed by atoms with Crippen LogP contribution in [0.1, 0.15) is 59.3 Å². The van der Waals surface area contributed by atoms with E-state index in [2.05, 4.69) is 20.8 Å². The second-order valence-corrected chi connectivity index (χ2v) is 5.01. The van der Waals surface area contributed by atoms with E-state index in [4.69, 9.17) is 13.6 Å². The molecular weight excluding hydrogens is 331 g/mol. The summed E-state index contributed by atoms with van der Waals surface area (Å²) in [4.78, 5) is 0. The van der Waals surface area contributed by atoms with E-state index in [0.29, 0.717) is 0 Å². The molecule has 0 saturated heterocycles. The van der Waals surface area contributed by atoms with Crippen LogP contribution >= 0.6 is 8.60 Å². The summed E-state index contributed by atoms with van der Waals surface area (Å²) in [5.74, 6) is 0. The molecule has 0 saturated carbocycles. The zero-order chi connectivity index (χ0) is 12.1. The standard InChI is InChI=1S/C12H27O3P.Ag/c1-4-7-10-13-16(14-11-8-5-2)15-12-9-6-3;/h4-12H2,1-3H3;. The van der Waals surface area contributed by atoms with E-state index in [1.807, 2.05) is 0 Å². The van der Waals surface area contributed by atoms with Gasteiger partial charge in [0.2, 0.25) is 0 Å². The Morgan fingerprint density at radius 2 is 0.941 bits per heavy atom. The van der Waals surface area contributed by atoms with E-state index in [1.54, 1.807) is 0 Å². The summed E-state index contributed by atoms with van der Waals surface area (Å²) in [6.45, 7) is 8.71. The van der Waals surface area contributed by atoms with Crippen molar-refractivity contribution in [2.75, 3.05) is 19.8 Å². The molecule has 0 atom stereocenters. The Bertz CT molecular complexity index is 115. The number of rotatable bonds is 12. The molecule has 3 nitrogen and oxygen atoms in total. The van der Waals surface area contributed by atoms with E-state index in [0.717, 1.165) is 58.3 Å². The molecule has 0 aromatic carbocycles. The molecular formula is C12H27AgO3P. The van der Waals surface area contributed by atoms with Gasteiger partial charge in [-0.15, -0.1) is 0 Å². The molecule has 0 spiro atoms. The fourth-order valence-electron chi connectivity index (χ4n) is 0.962. The third-order valence-electron chi connectivity index (χ3n) is 2.08. The van der Waals surface area contributed by atoms with Gasteiger partial charge in [0.25, 0.3) is 0 Å². The van der Waals surface area contributed by atoms with Gasteiger partial charge >= 0.3 is 8.60 Å². The Hall–Kier alpha value is 1.05. The molecule has 0 unspecified atom stereocenters. The summed E-state index contributed by atoms with van der Waals surface area (Å²) in [6, 6.07) is 0. The monoisotopic (exact) mass is 357 g/mol. The summed E-state index contributed by atoms with van der Waals surface area (Å²) >= 11 is 0. The van der Waals surface area contributed by atoms with Crippen LogP contribution in [0.2, 0.25) is 0 Å². The molecule has 0 fully saturated rings. The van der Waals surface area contributed by atoms with Crippen LogP contribution in [0.3, 0.4) is 0 Å². The van der Waals surface area contributed by atoms with E-state index < -0.39 is 8.60 Å². The zero-order valence-electron chi connectivity index (χ0n) is 11.3. The first-order chi connectivity index (χ1) is 7.85. The molecule has 0 aliphatic heterocycles. The third kappa shape index (κ3) is 15.0. The Morgan fingerprint density at radius 3 is 1.18 bits per heavy atom. The molecule has 0 aromatic rings. The predicted molar refractivity (Wildman–Crippen MR) is 69.5 cm³/mol. The van der Waals surface area contributed by atoms with Gasteiger partial charge in [-0.1, -0.05) is 40.0 Å². The van der Waals surface area contributed by atoms with Gasteiger partial charge in [-0.25, -0.2) is 0 Å². The summed E-state index contributed by atoms with van der Waals surface area (Å²) in [5, 5.41) is 0. The van der Waals surface area contributed by atoms with Crippen LogP contribution in [0.5, 0.6) is 0 Å². The zero-order valence-corrected chi connectivity index (χ0v) is 13.7. The first-order valence-corrected chi connectivity index (χ1v) is 7.63. The van der Waals surface area contributed by atoms with Gasteiger partial charge < -0.3 is 13.6 Å². The van der Waals surface area contributed by atoms with Crippen LogP contribution in [-0.4, -0.2) is 19.8 Å². The van der Waals surface area contributed by atoms with Crippen LogP contribution < -0.4 is 0 Å². The van der Waals surface area contributed by atoms with Gasteiger partial charge in [-0.05, 0) is 19.3 Å². The second-order valence-electron chi connectivity index (χ2n) is 3.78. The van der Waals surface area contributed by atoms with Crippen molar-refractivity contribution in [3.05, 3.63) is 0 Å². The van der Waals surface area contributed by atoms with Crippen LogP contribution in [0, 0.1) is 0 Å². The average molecular weight is 358 g/mol. The van der Waals surface area contributed by atoms with Crippen molar-refractivity contribution in [1.82, 2.24) is 0 Å². The fraction of sp³-hybridized carbons (Fsp3) is 1.00. The maximum atomic E-state index is 5.60. The third-order valence-corrected chi connectivity index (χ3v) is 3.26. The van der Waals surface area contributed by atoms with Gasteiger partial charge in [0.1, 0.15) is 0 Å². The maximum absolute atomic E-state index is 5.60. The molecule has 0 amide bonds. The van der Waals surface area contributed by atoms with Gasteiger partial charge in [-0.2, -0.15) is 0 Å². The number of hydrogen-bond acceptors (Lipinski definition) is 3. The molecule has 0 rings (SSSR count). The van der Waals surface area contributed by atoms with Crippen molar-refractivity contribution >= 4 is 8.60 Å². The normalized spacial score (nSPS) is 10.6. The molecule has 0 bridgehead atoms. The SMILES string of the molecule is CCCCOP(OCCCC)OCCCC.[Ag]. The second kappa shape index (κ2) is 17.1. The minimum atomic E-state index is -1.10. The van der Waals surface area contributed by atoms with Crippen LogP contribution in [-0.2, 0) is 36.0 Å². The first kappa shape index (κ1) is 20.4. The molecule has 1 radical (unpaired) electrons. The van der Waals surface area contributed by atoms with Crippen molar-refractivity contribution < 1.29 is 36.0 Å². The van der Waals surface area contributed by atoms with Crippen molar-refractivity contribution in [2.24, 2.45) is 0 Å². The molecule has 109 valence electrons. The average Bonchev–Trinajstić information content (AvgIpc) is 2.29. The smallest absolute Gasteiger partial charge is 0.312 e. The van der Waals surface area contributed by atoms with Crippen LogP contribution in [0.25, 0.3) is 0 Å². The topological polar surface area (TPSA) is 27.7 Å². The Labute approximate surface area is 123 Å². The fourth-order valence-corrected chi connectivity index (χ4v) is 2.02. The summed E-state index contributed by atoms with van der Waals surface area (Å²) in [6.07, 6.45) is 6.67. The van der Waals surface area contributed by atoms with E-state index in [-0.39, 0.29) is 22.4 Å². The maximum Gasteiger partial charge on any atom is 0.332 e. The minimum absolute atomic E-state index is 0. The molecule has 0 heterocycles. The van der Waals surface area contributed by atoms with Gasteiger partial charge in [0, 0.05) is 22.4 Å². The number of hydrogen-bond donors (Lipinski definition) is 0. The first-order valence-electron chi connectivity index (χ1n) is 6.54. The molecule has 0 aliphatic rings. The van der Waals surface area contributed by atoms with Gasteiger partial charge in [0.15, 0.2) is 0 Å². The van der Waals surface area contributed by atoms with E-state index >= 15 is 0 Å². The number of unbranched alkanes of at least 4 members (excludes halogenated alkanes) is 3. The van der Waals surface area contributed by atoms with Gasteiger partial charge in [-0.3, -0.25) is 0 Å². The minimum Gasteiger partial charge on any atom is -0.312 e. The van der Waals surface area contributed by atoms with E-state index in [1.165, 1.54) is 0 Å². The Morgan fingerprint density at radius 1 is 0.647 bits per heavy atom. The van der Waals surface area contributed by atoms with Crippen molar-refractivity contribution in [2.45, 2.75) is 59.3 Å². The van der Waals surface area contributed by atoms with Crippen LogP contribution in [0.15, 0.2) is 0 Å². The predicted octanol–water partition coefficient (Wildman–Crippen LogP) is 4.66. The quantitative estimate of drug-likeness (QED) is 0.289. The van der Waals surface area contributed by atoms with Crippen LogP contribution in [0.4, 0.5) is 0 Å². The summed E-state index contributed by atoms with van der Waals surface area (Å²) < 4.78 is 16.8. The van der Waals surface area contributed by atoms with Crippen molar-refractivity contribution in [3.8, 4) is 0 Å². The molecule has 0 aliphatic carbocycles. The molecule has 17 heavy (non-hydrogen) atoms. The summed E-state index contributed by atoms with van der Waals surface area (Å²) in [7, 11) is -1.10.